The van der Waals surface area contributed by atoms with E-state index in [1.54, 1.807) is 0 Å². The Labute approximate surface area is 240 Å². The van der Waals surface area contributed by atoms with E-state index in [4.69, 9.17) is 4.74 Å². The van der Waals surface area contributed by atoms with Crippen molar-refractivity contribution < 1.29 is 28.2 Å². The molecule has 0 unspecified atom stereocenters. The Morgan fingerprint density at radius 2 is 1.85 bits per heavy atom. The molecule has 41 heavy (non-hydrogen) atoms. The first-order chi connectivity index (χ1) is 19.8. The number of rotatable bonds is 9. The lowest BCUT2D eigenvalue weighted by molar-refractivity contribution is -0.142. The standard InChI is InChI=1S/C28H32F2N6O4S/c1-3-18-5-4-8-36(18)15-22-24(17-11-19(29)25(40-2)20(30)12-17)33-28(41-22)34-26(37)21-13-32-23(14-31-21)35-9-6-16(7-10-35)27(38)39/h11-14,16,18H,3-10,15H2,1-2H3,(H,38,39)(H,33,34,37)/t18-/m1/s1. The van der Waals surface area contributed by atoms with Crippen LogP contribution in [0.15, 0.2) is 24.5 Å². The van der Waals surface area contributed by atoms with Crippen molar-refractivity contribution in [3.63, 3.8) is 0 Å². The summed E-state index contributed by atoms with van der Waals surface area (Å²) in [7, 11) is 1.21. The monoisotopic (exact) mass is 586 g/mol. The lowest BCUT2D eigenvalue weighted by Gasteiger charge is -2.30. The third-order valence-electron chi connectivity index (χ3n) is 7.75. The third kappa shape index (κ3) is 6.30. The number of amides is 1. The van der Waals surface area contributed by atoms with E-state index in [2.05, 4.69) is 32.1 Å². The van der Waals surface area contributed by atoms with Crippen LogP contribution in [0.1, 0.15) is 54.4 Å². The topological polar surface area (TPSA) is 121 Å². The van der Waals surface area contributed by atoms with Gasteiger partial charge in [0.2, 0.25) is 0 Å². The van der Waals surface area contributed by atoms with Gasteiger partial charge in [0.05, 0.1) is 31.1 Å². The zero-order valence-corrected chi connectivity index (χ0v) is 23.7. The van der Waals surface area contributed by atoms with E-state index in [-0.39, 0.29) is 22.3 Å². The Kier molecular flexibility index (Phi) is 8.74. The maximum absolute atomic E-state index is 14.6. The summed E-state index contributed by atoms with van der Waals surface area (Å²) < 4.78 is 34.0. The van der Waals surface area contributed by atoms with Crippen LogP contribution < -0.4 is 15.0 Å². The van der Waals surface area contributed by atoms with Crippen LogP contribution in [-0.2, 0) is 11.3 Å². The third-order valence-corrected chi connectivity index (χ3v) is 8.71. The Hall–Kier alpha value is -3.71. The van der Waals surface area contributed by atoms with E-state index in [9.17, 15) is 23.5 Å². The van der Waals surface area contributed by atoms with Crippen molar-refractivity contribution in [3.8, 4) is 17.0 Å². The molecule has 4 heterocycles. The lowest BCUT2D eigenvalue weighted by atomic mass is 9.97. The van der Waals surface area contributed by atoms with Gasteiger partial charge in [0.25, 0.3) is 5.91 Å². The quantitative estimate of drug-likeness (QED) is 0.364. The number of aliphatic carboxylic acids is 1. The van der Waals surface area contributed by atoms with Crippen LogP contribution in [0.3, 0.4) is 0 Å². The molecule has 0 spiro atoms. The number of nitrogens with one attached hydrogen (secondary N) is 1. The number of piperidine rings is 1. The summed E-state index contributed by atoms with van der Waals surface area (Å²) >= 11 is 1.26. The molecule has 0 radical (unpaired) electrons. The number of carbonyl (C=O) groups is 2. The molecular formula is C28H32F2N6O4S. The van der Waals surface area contributed by atoms with Gasteiger partial charge in [-0.1, -0.05) is 18.3 Å². The number of methoxy groups -OCH3 is 1. The number of aromatic nitrogens is 3. The molecule has 0 saturated carbocycles. The number of ether oxygens (including phenoxy) is 1. The van der Waals surface area contributed by atoms with Crippen molar-refractivity contribution in [1.82, 2.24) is 19.9 Å². The number of nitrogens with zero attached hydrogens (tertiary/aromatic N) is 5. The van der Waals surface area contributed by atoms with Crippen LogP contribution in [0, 0.1) is 17.6 Å². The van der Waals surface area contributed by atoms with Crippen LogP contribution in [0.4, 0.5) is 19.7 Å². The second-order valence-corrected chi connectivity index (χ2v) is 11.3. The Morgan fingerprint density at radius 1 is 1.12 bits per heavy atom. The number of carbonyl (C=O) groups excluding carboxylic acids is 1. The highest BCUT2D eigenvalue weighted by molar-refractivity contribution is 7.16. The molecule has 2 aliphatic heterocycles. The molecule has 2 N–H and O–H groups in total. The summed E-state index contributed by atoms with van der Waals surface area (Å²) in [5.41, 5.74) is 0.744. The van der Waals surface area contributed by atoms with E-state index in [1.165, 1.54) is 43.0 Å². The van der Waals surface area contributed by atoms with Crippen LogP contribution in [0.25, 0.3) is 11.3 Å². The minimum Gasteiger partial charge on any atom is -0.491 e. The lowest BCUT2D eigenvalue weighted by Crippen LogP contribution is -2.36. The molecule has 2 saturated heterocycles. The molecule has 0 bridgehead atoms. The van der Waals surface area contributed by atoms with Gasteiger partial charge in [0.1, 0.15) is 11.5 Å². The van der Waals surface area contributed by atoms with Crippen LogP contribution in [-0.4, -0.2) is 69.6 Å². The van der Waals surface area contributed by atoms with Gasteiger partial charge in [-0.05, 0) is 50.8 Å². The summed E-state index contributed by atoms with van der Waals surface area (Å²) in [5, 5.41) is 12.2. The number of benzene rings is 1. The normalized spacial score (nSPS) is 18.0. The van der Waals surface area contributed by atoms with Crippen LogP contribution in [0.5, 0.6) is 5.75 Å². The van der Waals surface area contributed by atoms with Crippen LogP contribution >= 0.6 is 11.3 Å². The highest BCUT2D eigenvalue weighted by atomic mass is 32.1. The number of carboxylic acid groups (broad SMARTS) is 1. The number of carboxylic acids is 1. The number of hydrogen-bond donors (Lipinski definition) is 2. The molecule has 2 aromatic heterocycles. The van der Waals surface area contributed by atoms with Crippen molar-refractivity contribution in [3.05, 3.63) is 46.7 Å². The van der Waals surface area contributed by atoms with Gasteiger partial charge in [0, 0.05) is 36.1 Å². The fraction of sp³-hybridized carbons (Fsp3) is 0.464. The van der Waals surface area contributed by atoms with E-state index < -0.39 is 29.3 Å². The fourth-order valence-electron chi connectivity index (χ4n) is 5.50. The maximum atomic E-state index is 14.6. The van der Waals surface area contributed by atoms with Crippen molar-refractivity contribution in [1.29, 1.82) is 0 Å². The summed E-state index contributed by atoms with van der Waals surface area (Å²) in [6.45, 7) is 4.69. The molecule has 13 heteroatoms. The van der Waals surface area contributed by atoms with Crippen molar-refractivity contribution >= 4 is 34.2 Å². The predicted molar refractivity (Wildman–Crippen MR) is 150 cm³/mol. The summed E-state index contributed by atoms with van der Waals surface area (Å²) in [6, 6.07) is 2.80. The average Bonchev–Trinajstić information content (AvgIpc) is 3.59. The maximum Gasteiger partial charge on any atom is 0.306 e. The summed E-state index contributed by atoms with van der Waals surface area (Å²) in [4.78, 5) is 42.5. The highest BCUT2D eigenvalue weighted by Gasteiger charge is 2.28. The Bertz CT molecular complexity index is 1390. The van der Waals surface area contributed by atoms with Crippen molar-refractivity contribution in [2.24, 2.45) is 5.92 Å². The second-order valence-electron chi connectivity index (χ2n) is 10.3. The van der Waals surface area contributed by atoms with Crippen molar-refractivity contribution in [2.45, 2.75) is 51.6 Å². The van der Waals surface area contributed by atoms with E-state index in [0.29, 0.717) is 50.0 Å². The zero-order chi connectivity index (χ0) is 29.1. The number of thiazole rings is 1. The zero-order valence-electron chi connectivity index (χ0n) is 22.9. The molecule has 1 atom stereocenters. The minimum atomic E-state index is -0.831. The highest BCUT2D eigenvalue weighted by Crippen LogP contribution is 2.37. The molecule has 10 nitrogen and oxygen atoms in total. The van der Waals surface area contributed by atoms with Gasteiger partial charge < -0.3 is 14.7 Å². The molecule has 1 amide bonds. The second kappa shape index (κ2) is 12.4. The molecule has 2 fully saturated rings. The van der Waals surface area contributed by atoms with Crippen LogP contribution in [0.2, 0.25) is 0 Å². The molecule has 0 aliphatic carbocycles. The minimum absolute atomic E-state index is 0.0830. The van der Waals surface area contributed by atoms with Gasteiger partial charge in [-0.2, -0.15) is 0 Å². The summed E-state index contributed by atoms with van der Waals surface area (Å²) in [5.74, 6) is -3.21. The first kappa shape index (κ1) is 28.8. The average molecular weight is 587 g/mol. The largest absolute Gasteiger partial charge is 0.491 e. The van der Waals surface area contributed by atoms with Crippen molar-refractivity contribution in [2.75, 3.05) is 37.0 Å². The van der Waals surface area contributed by atoms with E-state index >= 15 is 0 Å². The molecule has 1 aromatic carbocycles. The van der Waals surface area contributed by atoms with Gasteiger partial charge in [0.15, 0.2) is 22.5 Å². The number of anilines is 2. The van der Waals surface area contributed by atoms with E-state index in [0.717, 1.165) is 30.7 Å². The molecule has 5 rings (SSSR count). The molecular weight excluding hydrogens is 554 g/mol. The molecule has 218 valence electrons. The van der Waals surface area contributed by atoms with Gasteiger partial charge in [-0.25, -0.2) is 23.7 Å². The first-order valence-electron chi connectivity index (χ1n) is 13.7. The summed E-state index contributed by atoms with van der Waals surface area (Å²) in [6.07, 6.45) is 7.07. The SMILES string of the molecule is CC[C@@H]1CCCN1Cc1sc(NC(=O)c2cnc(N3CCC(C(=O)O)CC3)cn2)nc1-c1cc(F)c(OC)c(F)c1. The predicted octanol–water partition coefficient (Wildman–Crippen LogP) is 4.81. The van der Waals surface area contributed by atoms with Gasteiger partial charge >= 0.3 is 5.97 Å². The fourth-order valence-corrected chi connectivity index (χ4v) is 6.50. The Morgan fingerprint density at radius 3 is 2.46 bits per heavy atom. The number of likely N-dealkylation sites (tertiary alicyclic amines) is 1. The number of halogens is 2. The van der Waals surface area contributed by atoms with E-state index in [1.807, 2.05) is 4.90 Å². The molecule has 2 aliphatic rings. The molecule has 3 aromatic rings. The Balaban J connectivity index is 1.35. The number of hydrogen-bond acceptors (Lipinski definition) is 9. The smallest absolute Gasteiger partial charge is 0.306 e. The first-order valence-corrected chi connectivity index (χ1v) is 14.5. The van der Waals surface area contributed by atoms with Gasteiger partial charge in [-0.3, -0.25) is 19.8 Å². The van der Waals surface area contributed by atoms with Gasteiger partial charge in [-0.15, -0.1) is 0 Å².